The second kappa shape index (κ2) is 5.53. The second-order valence-electron chi connectivity index (χ2n) is 5.22. The van der Waals surface area contributed by atoms with Crippen molar-refractivity contribution in [2.45, 2.75) is 18.9 Å². The lowest BCUT2D eigenvalue weighted by molar-refractivity contribution is 0.414. The minimum atomic E-state index is -0.243. The summed E-state index contributed by atoms with van der Waals surface area (Å²) in [6.07, 6.45) is 2.39. The lowest BCUT2D eigenvalue weighted by Gasteiger charge is -2.21. The minimum Gasteiger partial charge on any atom is -0.497 e. The van der Waals surface area contributed by atoms with Crippen molar-refractivity contribution in [3.05, 3.63) is 59.9 Å². The Labute approximate surface area is 118 Å². The molecule has 1 unspecified atom stereocenters. The van der Waals surface area contributed by atoms with E-state index in [0.717, 1.165) is 0 Å². The van der Waals surface area contributed by atoms with Crippen LogP contribution in [-0.4, -0.2) is 7.11 Å². The number of hydrogen-bond acceptors (Lipinski definition) is 2. The first kappa shape index (κ1) is 13.0. The third kappa shape index (κ3) is 2.77. The van der Waals surface area contributed by atoms with Gasteiger partial charge in [0.05, 0.1) is 18.8 Å². The van der Waals surface area contributed by atoms with Crippen LogP contribution in [0.15, 0.2) is 48.5 Å². The quantitative estimate of drug-likeness (QED) is 0.870. The zero-order valence-corrected chi connectivity index (χ0v) is 11.5. The molecule has 2 aromatic rings. The molecule has 1 atom stereocenters. The molecule has 3 heteroatoms. The summed E-state index contributed by atoms with van der Waals surface area (Å²) in [5, 5.41) is 3.35. The maximum absolute atomic E-state index is 13.9. The topological polar surface area (TPSA) is 21.3 Å². The Balaban J connectivity index is 1.87. The van der Waals surface area contributed by atoms with Gasteiger partial charge in [0.25, 0.3) is 0 Å². The highest BCUT2D eigenvalue weighted by atomic mass is 19.1. The van der Waals surface area contributed by atoms with E-state index in [4.69, 9.17) is 4.74 Å². The molecule has 2 aromatic carbocycles. The number of anilines is 1. The van der Waals surface area contributed by atoms with E-state index < -0.39 is 0 Å². The second-order valence-corrected chi connectivity index (χ2v) is 5.22. The minimum absolute atomic E-state index is 0.165. The van der Waals surface area contributed by atoms with Crippen LogP contribution in [-0.2, 0) is 0 Å². The Bertz CT molecular complexity index is 581. The highest BCUT2D eigenvalue weighted by Gasteiger charge is 2.32. The summed E-state index contributed by atoms with van der Waals surface area (Å²) < 4.78 is 19.1. The summed E-state index contributed by atoms with van der Waals surface area (Å²) in [7, 11) is 1.59. The van der Waals surface area contributed by atoms with Gasteiger partial charge in [-0.3, -0.25) is 0 Å². The van der Waals surface area contributed by atoms with Crippen molar-refractivity contribution in [3.8, 4) is 5.75 Å². The number of hydrogen-bond donors (Lipinski definition) is 1. The summed E-state index contributed by atoms with van der Waals surface area (Å²) in [5.74, 6) is 1.01. The zero-order chi connectivity index (χ0) is 13.9. The predicted molar refractivity (Wildman–Crippen MR) is 78.5 cm³/mol. The zero-order valence-electron chi connectivity index (χ0n) is 11.5. The van der Waals surface area contributed by atoms with E-state index in [1.54, 1.807) is 19.2 Å². The van der Waals surface area contributed by atoms with Crippen molar-refractivity contribution in [2.75, 3.05) is 12.4 Å². The third-order valence-electron chi connectivity index (χ3n) is 3.74. The molecule has 1 aliphatic carbocycles. The van der Waals surface area contributed by atoms with Crippen LogP contribution >= 0.6 is 0 Å². The van der Waals surface area contributed by atoms with Crippen LogP contribution in [0.25, 0.3) is 0 Å². The number of halogens is 1. The van der Waals surface area contributed by atoms with E-state index in [1.807, 2.05) is 18.2 Å². The summed E-state index contributed by atoms with van der Waals surface area (Å²) >= 11 is 0. The van der Waals surface area contributed by atoms with Gasteiger partial charge in [-0.1, -0.05) is 30.3 Å². The molecular weight excluding hydrogens is 253 g/mol. The Morgan fingerprint density at radius 2 is 1.90 bits per heavy atom. The van der Waals surface area contributed by atoms with Crippen molar-refractivity contribution in [1.29, 1.82) is 0 Å². The highest BCUT2D eigenvalue weighted by Crippen LogP contribution is 2.43. The molecule has 0 amide bonds. The van der Waals surface area contributed by atoms with Gasteiger partial charge < -0.3 is 10.1 Å². The molecule has 0 spiro atoms. The predicted octanol–water partition coefficient (Wildman–Crippen LogP) is 4.40. The molecule has 104 valence electrons. The van der Waals surface area contributed by atoms with Crippen molar-refractivity contribution in [1.82, 2.24) is 0 Å². The average molecular weight is 271 g/mol. The molecule has 1 aliphatic rings. The molecule has 1 N–H and O–H groups in total. The Hall–Kier alpha value is -2.03. The van der Waals surface area contributed by atoms with E-state index >= 15 is 0 Å². The lowest BCUT2D eigenvalue weighted by Crippen LogP contribution is -2.13. The van der Waals surface area contributed by atoms with Crippen LogP contribution in [0.3, 0.4) is 0 Å². The fourth-order valence-corrected chi connectivity index (χ4v) is 2.47. The summed E-state index contributed by atoms with van der Waals surface area (Å²) in [6.45, 7) is 0. The van der Waals surface area contributed by atoms with Crippen molar-refractivity contribution in [2.24, 2.45) is 5.92 Å². The molecule has 0 radical (unpaired) electrons. The largest absolute Gasteiger partial charge is 0.497 e. The standard InChI is InChI=1S/C17H18FNO/c1-20-14-9-10-15(18)16(11-14)19-17(13-7-8-13)12-5-3-2-4-6-12/h2-6,9-11,13,17,19H,7-8H2,1H3. The summed E-state index contributed by atoms with van der Waals surface area (Å²) in [6, 6.07) is 15.2. The number of benzene rings is 2. The van der Waals surface area contributed by atoms with E-state index in [2.05, 4.69) is 17.4 Å². The van der Waals surface area contributed by atoms with E-state index in [1.165, 1.54) is 24.5 Å². The van der Waals surface area contributed by atoms with Gasteiger partial charge in [-0.05, 0) is 36.5 Å². The first-order chi connectivity index (χ1) is 9.78. The first-order valence-electron chi connectivity index (χ1n) is 6.93. The lowest BCUT2D eigenvalue weighted by atomic mass is 10.0. The SMILES string of the molecule is COc1ccc(F)c(NC(c2ccccc2)C2CC2)c1. The first-order valence-corrected chi connectivity index (χ1v) is 6.93. The fraction of sp³-hybridized carbons (Fsp3) is 0.294. The maximum Gasteiger partial charge on any atom is 0.146 e. The van der Waals surface area contributed by atoms with Crippen LogP contribution in [0.5, 0.6) is 5.75 Å². The molecule has 0 aliphatic heterocycles. The Morgan fingerprint density at radius 3 is 2.55 bits per heavy atom. The van der Waals surface area contributed by atoms with Crippen molar-refractivity contribution >= 4 is 5.69 Å². The van der Waals surface area contributed by atoms with Gasteiger partial charge in [0.15, 0.2) is 0 Å². The van der Waals surface area contributed by atoms with E-state index in [9.17, 15) is 4.39 Å². The molecule has 0 heterocycles. The van der Waals surface area contributed by atoms with Crippen LogP contribution in [0.4, 0.5) is 10.1 Å². The number of nitrogens with one attached hydrogen (secondary N) is 1. The number of methoxy groups -OCH3 is 1. The molecule has 1 saturated carbocycles. The summed E-state index contributed by atoms with van der Waals surface area (Å²) in [5.41, 5.74) is 1.71. The number of ether oxygens (including phenoxy) is 1. The Kier molecular flexibility index (Phi) is 3.59. The van der Waals surface area contributed by atoms with Crippen LogP contribution < -0.4 is 10.1 Å². The molecule has 0 bridgehead atoms. The maximum atomic E-state index is 13.9. The normalized spacial score (nSPS) is 15.7. The Morgan fingerprint density at radius 1 is 1.15 bits per heavy atom. The molecule has 0 saturated heterocycles. The molecule has 3 rings (SSSR count). The fourth-order valence-electron chi connectivity index (χ4n) is 2.47. The smallest absolute Gasteiger partial charge is 0.146 e. The average Bonchev–Trinajstić information content (AvgIpc) is 3.32. The third-order valence-corrected chi connectivity index (χ3v) is 3.74. The monoisotopic (exact) mass is 271 g/mol. The van der Waals surface area contributed by atoms with Crippen LogP contribution in [0.2, 0.25) is 0 Å². The van der Waals surface area contributed by atoms with Crippen LogP contribution in [0, 0.1) is 11.7 Å². The van der Waals surface area contributed by atoms with Crippen molar-refractivity contribution < 1.29 is 9.13 Å². The van der Waals surface area contributed by atoms with E-state index in [-0.39, 0.29) is 11.9 Å². The molecule has 1 fully saturated rings. The summed E-state index contributed by atoms with van der Waals surface area (Å²) in [4.78, 5) is 0. The van der Waals surface area contributed by atoms with Crippen molar-refractivity contribution in [3.63, 3.8) is 0 Å². The molecule has 20 heavy (non-hydrogen) atoms. The van der Waals surface area contributed by atoms with Gasteiger partial charge in [0, 0.05) is 6.07 Å². The van der Waals surface area contributed by atoms with Gasteiger partial charge in [-0.2, -0.15) is 0 Å². The van der Waals surface area contributed by atoms with Gasteiger partial charge in [-0.25, -0.2) is 4.39 Å². The molecule has 2 nitrogen and oxygen atoms in total. The molecular formula is C17H18FNO. The van der Waals surface area contributed by atoms with E-state index in [0.29, 0.717) is 17.4 Å². The number of rotatable bonds is 5. The molecule has 0 aromatic heterocycles. The van der Waals surface area contributed by atoms with Gasteiger partial charge in [0.2, 0.25) is 0 Å². The van der Waals surface area contributed by atoms with Gasteiger partial charge in [-0.15, -0.1) is 0 Å². The van der Waals surface area contributed by atoms with Gasteiger partial charge >= 0.3 is 0 Å². The highest BCUT2D eigenvalue weighted by molar-refractivity contribution is 5.51. The van der Waals surface area contributed by atoms with Crippen LogP contribution in [0.1, 0.15) is 24.4 Å². The van der Waals surface area contributed by atoms with Gasteiger partial charge in [0.1, 0.15) is 11.6 Å².